The molecule has 1 amide bonds. The quantitative estimate of drug-likeness (QED) is 0.509. The number of nitrogens with one attached hydrogen (secondary N) is 1. The summed E-state index contributed by atoms with van der Waals surface area (Å²) in [5.41, 5.74) is 0.945. The molecule has 0 spiro atoms. The van der Waals surface area contributed by atoms with Crippen LogP contribution >= 0.6 is 0 Å². The zero-order chi connectivity index (χ0) is 15.6. The number of nitrogens with zero attached hydrogens (tertiary/aromatic N) is 3. The first-order valence-corrected chi connectivity index (χ1v) is 6.25. The Morgan fingerprint density at radius 3 is 2.76 bits per heavy atom. The highest BCUT2D eigenvalue weighted by molar-refractivity contribution is 6.05. The number of phenols is 1. The number of anilines is 1. The lowest BCUT2D eigenvalue weighted by atomic mass is 10.2. The van der Waals surface area contributed by atoms with Crippen LogP contribution in [0.3, 0.4) is 0 Å². The van der Waals surface area contributed by atoms with E-state index >= 15 is 0 Å². The van der Waals surface area contributed by atoms with Gasteiger partial charge in [0.1, 0.15) is 5.75 Å². The van der Waals surface area contributed by atoms with Crippen molar-refractivity contribution in [2.75, 3.05) is 5.32 Å². The molecule has 0 atom stereocenters. The summed E-state index contributed by atoms with van der Waals surface area (Å²) in [4.78, 5) is 22.1. The van der Waals surface area contributed by atoms with Crippen LogP contribution in [-0.2, 0) is 6.54 Å². The molecule has 1 aromatic heterocycles. The Balaban J connectivity index is 2.23. The Kier molecular flexibility index (Phi) is 3.88. The first kappa shape index (κ1) is 14.5. The molecule has 21 heavy (non-hydrogen) atoms. The second-order valence-corrected chi connectivity index (χ2v) is 4.37. The van der Waals surface area contributed by atoms with Crippen LogP contribution in [0.4, 0.5) is 11.4 Å². The molecule has 0 aliphatic rings. The lowest BCUT2D eigenvalue weighted by molar-refractivity contribution is -0.384. The van der Waals surface area contributed by atoms with E-state index in [2.05, 4.69) is 10.4 Å². The van der Waals surface area contributed by atoms with Crippen molar-refractivity contribution in [2.45, 2.75) is 20.4 Å². The third-order valence-electron chi connectivity index (χ3n) is 3.09. The van der Waals surface area contributed by atoms with Gasteiger partial charge in [0.15, 0.2) is 0 Å². The highest BCUT2D eigenvalue weighted by atomic mass is 16.6. The van der Waals surface area contributed by atoms with Gasteiger partial charge in [0, 0.05) is 18.3 Å². The van der Waals surface area contributed by atoms with Gasteiger partial charge in [0.2, 0.25) is 0 Å². The molecule has 1 aromatic carbocycles. The van der Waals surface area contributed by atoms with E-state index in [-0.39, 0.29) is 17.1 Å². The number of aromatic nitrogens is 2. The molecule has 8 heteroatoms. The summed E-state index contributed by atoms with van der Waals surface area (Å²) in [6.45, 7) is 4.31. The number of amides is 1. The van der Waals surface area contributed by atoms with Gasteiger partial charge < -0.3 is 10.4 Å². The Morgan fingerprint density at radius 2 is 2.24 bits per heavy atom. The lowest BCUT2D eigenvalue weighted by Crippen LogP contribution is -2.13. The molecular weight excluding hydrogens is 276 g/mol. The molecule has 110 valence electrons. The van der Waals surface area contributed by atoms with Crippen molar-refractivity contribution in [1.29, 1.82) is 0 Å². The molecule has 2 N–H and O–H groups in total. The van der Waals surface area contributed by atoms with Crippen LogP contribution in [0.5, 0.6) is 5.75 Å². The molecule has 0 radical (unpaired) electrons. The molecule has 0 bridgehead atoms. The molecule has 0 aliphatic carbocycles. The van der Waals surface area contributed by atoms with E-state index in [9.17, 15) is 20.0 Å². The first-order chi connectivity index (χ1) is 9.93. The smallest absolute Gasteiger partial charge is 0.273 e. The Hall–Kier alpha value is -2.90. The van der Waals surface area contributed by atoms with Crippen LogP contribution in [0.15, 0.2) is 24.4 Å². The molecule has 2 rings (SSSR count). The number of rotatable bonds is 4. The van der Waals surface area contributed by atoms with Crippen molar-refractivity contribution in [1.82, 2.24) is 9.78 Å². The third kappa shape index (κ3) is 2.83. The minimum Gasteiger partial charge on any atom is -0.506 e. The number of carbonyl (C=O) groups is 1. The van der Waals surface area contributed by atoms with Crippen LogP contribution in [0.2, 0.25) is 0 Å². The van der Waals surface area contributed by atoms with Crippen LogP contribution in [-0.4, -0.2) is 25.7 Å². The fourth-order valence-electron chi connectivity index (χ4n) is 1.92. The number of non-ortho nitro benzene ring substituents is 1. The second kappa shape index (κ2) is 5.61. The number of aryl methyl sites for hydroxylation is 1. The van der Waals surface area contributed by atoms with Crippen molar-refractivity contribution in [2.24, 2.45) is 0 Å². The van der Waals surface area contributed by atoms with Crippen LogP contribution in [0.25, 0.3) is 0 Å². The van der Waals surface area contributed by atoms with Gasteiger partial charge in [-0.2, -0.15) is 5.10 Å². The van der Waals surface area contributed by atoms with E-state index in [0.29, 0.717) is 17.8 Å². The number of phenolic OH excluding ortho intramolecular Hbond substituents is 1. The average Bonchev–Trinajstić information content (AvgIpc) is 2.81. The van der Waals surface area contributed by atoms with Gasteiger partial charge >= 0.3 is 0 Å². The van der Waals surface area contributed by atoms with E-state index in [1.807, 2.05) is 6.92 Å². The van der Waals surface area contributed by atoms with Gasteiger partial charge in [-0.15, -0.1) is 0 Å². The Labute approximate surface area is 120 Å². The summed E-state index contributed by atoms with van der Waals surface area (Å²) in [6, 6.07) is 3.47. The van der Waals surface area contributed by atoms with E-state index in [1.54, 1.807) is 11.6 Å². The molecule has 0 aliphatic heterocycles. The van der Waals surface area contributed by atoms with Gasteiger partial charge in [-0.05, 0) is 19.9 Å². The number of nitro groups is 1. The second-order valence-electron chi connectivity index (χ2n) is 4.37. The monoisotopic (exact) mass is 290 g/mol. The normalized spacial score (nSPS) is 10.4. The summed E-state index contributed by atoms with van der Waals surface area (Å²) in [7, 11) is 0. The maximum absolute atomic E-state index is 12.1. The summed E-state index contributed by atoms with van der Waals surface area (Å²) < 4.78 is 1.67. The van der Waals surface area contributed by atoms with E-state index in [1.165, 1.54) is 18.3 Å². The van der Waals surface area contributed by atoms with Gasteiger partial charge in [0.05, 0.1) is 28.4 Å². The molecular formula is C13H14N4O4. The number of carbonyl (C=O) groups excluding carboxylic acids is 1. The van der Waals surface area contributed by atoms with E-state index in [4.69, 9.17) is 0 Å². The molecule has 0 saturated carbocycles. The molecule has 1 heterocycles. The number of hydrogen-bond donors (Lipinski definition) is 2. The van der Waals surface area contributed by atoms with Crippen LogP contribution < -0.4 is 5.32 Å². The highest BCUT2D eigenvalue weighted by Crippen LogP contribution is 2.28. The summed E-state index contributed by atoms with van der Waals surface area (Å²) in [6.07, 6.45) is 1.44. The average molecular weight is 290 g/mol. The van der Waals surface area contributed by atoms with E-state index < -0.39 is 10.8 Å². The fourth-order valence-corrected chi connectivity index (χ4v) is 1.92. The minimum absolute atomic E-state index is 0.106. The zero-order valence-electron chi connectivity index (χ0n) is 11.5. The van der Waals surface area contributed by atoms with Crippen molar-refractivity contribution < 1.29 is 14.8 Å². The molecule has 2 aromatic rings. The number of benzene rings is 1. The third-order valence-corrected chi connectivity index (χ3v) is 3.09. The van der Waals surface area contributed by atoms with Gasteiger partial charge in [-0.3, -0.25) is 19.6 Å². The summed E-state index contributed by atoms with van der Waals surface area (Å²) >= 11 is 0. The van der Waals surface area contributed by atoms with Crippen molar-refractivity contribution in [3.8, 4) is 5.75 Å². The highest BCUT2D eigenvalue weighted by Gasteiger charge is 2.16. The zero-order valence-corrected chi connectivity index (χ0v) is 11.5. The van der Waals surface area contributed by atoms with Gasteiger partial charge in [-0.25, -0.2) is 0 Å². The Morgan fingerprint density at radius 1 is 1.52 bits per heavy atom. The molecule has 0 fully saturated rings. The predicted molar refractivity (Wildman–Crippen MR) is 75.4 cm³/mol. The largest absolute Gasteiger partial charge is 0.506 e. The predicted octanol–water partition coefficient (Wildman–Crippen LogP) is 2.08. The van der Waals surface area contributed by atoms with Crippen molar-refractivity contribution in [3.63, 3.8) is 0 Å². The first-order valence-electron chi connectivity index (χ1n) is 6.25. The van der Waals surface area contributed by atoms with Gasteiger partial charge in [0.25, 0.3) is 11.6 Å². The van der Waals surface area contributed by atoms with Crippen LogP contribution in [0, 0.1) is 17.0 Å². The minimum atomic E-state index is -0.624. The lowest BCUT2D eigenvalue weighted by Gasteiger charge is -2.07. The maximum atomic E-state index is 12.1. The summed E-state index contributed by atoms with van der Waals surface area (Å²) in [5, 5.41) is 26.9. The van der Waals surface area contributed by atoms with Crippen molar-refractivity contribution >= 4 is 17.3 Å². The standard InChI is InChI=1S/C13H14N4O4/c1-3-16-8(2)10(7-14-16)13(19)15-11-5-4-9(17(20)21)6-12(11)18/h4-7,18H,3H2,1-2H3,(H,15,19). The Bertz CT molecular complexity index is 708. The van der Waals surface area contributed by atoms with E-state index in [0.717, 1.165) is 6.07 Å². The molecule has 0 saturated heterocycles. The SMILES string of the molecule is CCn1ncc(C(=O)Nc2ccc([N+](=O)[O-])cc2O)c1C. The number of hydrogen-bond acceptors (Lipinski definition) is 5. The topological polar surface area (TPSA) is 110 Å². The fraction of sp³-hybridized carbons (Fsp3) is 0.231. The molecule has 8 nitrogen and oxygen atoms in total. The maximum Gasteiger partial charge on any atom is 0.273 e. The molecule has 0 unspecified atom stereocenters. The van der Waals surface area contributed by atoms with Crippen molar-refractivity contribution in [3.05, 3.63) is 45.8 Å². The van der Waals surface area contributed by atoms with Gasteiger partial charge in [-0.1, -0.05) is 0 Å². The van der Waals surface area contributed by atoms with Crippen LogP contribution in [0.1, 0.15) is 23.0 Å². The summed E-state index contributed by atoms with van der Waals surface area (Å²) in [5.74, 6) is -0.797. The number of aromatic hydroxyl groups is 1. The number of nitro benzene ring substituents is 1.